The van der Waals surface area contributed by atoms with Crippen LogP contribution >= 0.6 is 0 Å². The Balaban J connectivity index is 2.26. The van der Waals surface area contributed by atoms with Gasteiger partial charge in [0.2, 0.25) is 5.88 Å². The van der Waals surface area contributed by atoms with Crippen LogP contribution in [0.4, 0.5) is 0 Å². The van der Waals surface area contributed by atoms with Gasteiger partial charge in [0.25, 0.3) is 5.91 Å². The number of hydrogen-bond donors (Lipinski definition) is 0. The van der Waals surface area contributed by atoms with Crippen LogP contribution in [0.15, 0.2) is 18.3 Å². The zero-order valence-electron chi connectivity index (χ0n) is 12.4. The maximum atomic E-state index is 12.8. The van der Waals surface area contributed by atoms with Crippen molar-refractivity contribution in [1.29, 1.82) is 0 Å². The first-order valence-corrected chi connectivity index (χ1v) is 7.04. The minimum Gasteiger partial charge on any atom is -0.480 e. The Kier molecular flexibility index (Phi) is 5.14. The van der Waals surface area contributed by atoms with Gasteiger partial charge < -0.3 is 14.4 Å². The molecule has 1 amide bonds. The SMILES string of the molecule is COC(=O)CN(C(=O)c1cccnc1OC)C1CCCC1. The molecule has 2 rings (SSSR count). The highest BCUT2D eigenvalue weighted by Gasteiger charge is 2.31. The monoisotopic (exact) mass is 292 g/mol. The summed E-state index contributed by atoms with van der Waals surface area (Å²) in [5.74, 6) is -0.384. The minimum absolute atomic E-state index is 0.0436. The van der Waals surface area contributed by atoms with Crippen LogP contribution in [0, 0.1) is 0 Å². The molecule has 1 aliphatic rings. The molecule has 0 unspecified atom stereocenters. The van der Waals surface area contributed by atoms with Gasteiger partial charge in [0.1, 0.15) is 12.1 Å². The first kappa shape index (κ1) is 15.3. The van der Waals surface area contributed by atoms with E-state index in [0.29, 0.717) is 5.56 Å². The summed E-state index contributed by atoms with van der Waals surface area (Å²) in [4.78, 5) is 30.0. The number of hydrogen-bond acceptors (Lipinski definition) is 5. The number of amides is 1. The van der Waals surface area contributed by atoms with Gasteiger partial charge in [0.15, 0.2) is 0 Å². The van der Waals surface area contributed by atoms with Gasteiger partial charge in [-0.1, -0.05) is 12.8 Å². The molecular formula is C15H20N2O4. The van der Waals surface area contributed by atoms with E-state index in [1.54, 1.807) is 23.2 Å². The van der Waals surface area contributed by atoms with Crippen molar-refractivity contribution in [2.24, 2.45) is 0 Å². The average molecular weight is 292 g/mol. The fraction of sp³-hybridized carbons (Fsp3) is 0.533. The summed E-state index contributed by atoms with van der Waals surface area (Å²) in [6, 6.07) is 3.41. The van der Waals surface area contributed by atoms with E-state index >= 15 is 0 Å². The van der Waals surface area contributed by atoms with Crippen molar-refractivity contribution < 1.29 is 19.1 Å². The fourth-order valence-corrected chi connectivity index (χ4v) is 2.66. The number of carbonyl (C=O) groups is 2. The van der Waals surface area contributed by atoms with Crippen LogP contribution in [0.5, 0.6) is 5.88 Å². The fourth-order valence-electron chi connectivity index (χ4n) is 2.66. The topological polar surface area (TPSA) is 68.7 Å². The van der Waals surface area contributed by atoms with E-state index < -0.39 is 5.97 Å². The second kappa shape index (κ2) is 7.06. The summed E-state index contributed by atoms with van der Waals surface area (Å²) in [5, 5.41) is 0. The first-order valence-electron chi connectivity index (χ1n) is 7.04. The third-order valence-electron chi connectivity index (χ3n) is 3.75. The second-order valence-corrected chi connectivity index (χ2v) is 5.01. The van der Waals surface area contributed by atoms with Crippen LogP contribution in [0.2, 0.25) is 0 Å². The van der Waals surface area contributed by atoms with Gasteiger partial charge in [-0.2, -0.15) is 0 Å². The van der Waals surface area contributed by atoms with Crippen molar-refractivity contribution in [1.82, 2.24) is 9.88 Å². The predicted molar refractivity (Wildman–Crippen MR) is 76.1 cm³/mol. The summed E-state index contributed by atoms with van der Waals surface area (Å²) >= 11 is 0. The molecule has 1 aromatic rings. The average Bonchev–Trinajstić information content (AvgIpc) is 3.05. The predicted octanol–water partition coefficient (Wildman–Crippen LogP) is 1.65. The summed E-state index contributed by atoms with van der Waals surface area (Å²) in [6.07, 6.45) is 5.52. The Morgan fingerprint density at radius 1 is 1.33 bits per heavy atom. The van der Waals surface area contributed by atoms with E-state index in [-0.39, 0.29) is 24.4 Å². The van der Waals surface area contributed by atoms with Gasteiger partial charge in [-0.25, -0.2) is 4.98 Å². The number of esters is 1. The van der Waals surface area contributed by atoms with Crippen LogP contribution in [0.3, 0.4) is 0 Å². The van der Waals surface area contributed by atoms with Gasteiger partial charge >= 0.3 is 5.97 Å². The van der Waals surface area contributed by atoms with Crippen LogP contribution in [0.1, 0.15) is 36.0 Å². The lowest BCUT2D eigenvalue weighted by Crippen LogP contribution is -2.42. The number of carbonyl (C=O) groups excluding carboxylic acids is 2. The smallest absolute Gasteiger partial charge is 0.325 e. The molecule has 0 bridgehead atoms. The van der Waals surface area contributed by atoms with E-state index in [2.05, 4.69) is 4.98 Å². The summed E-state index contributed by atoms with van der Waals surface area (Å²) in [5.41, 5.74) is 0.371. The molecule has 0 radical (unpaired) electrons. The normalized spacial score (nSPS) is 14.8. The highest BCUT2D eigenvalue weighted by atomic mass is 16.5. The maximum absolute atomic E-state index is 12.8. The molecule has 1 aromatic heterocycles. The molecule has 1 fully saturated rings. The Morgan fingerprint density at radius 2 is 2.05 bits per heavy atom. The van der Waals surface area contributed by atoms with E-state index in [0.717, 1.165) is 25.7 Å². The lowest BCUT2D eigenvalue weighted by Gasteiger charge is -2.28. The molecule has 114 valence electrons. The zero-order valence-corrected chi connectivity index (χ0v) is 12.4. The number of pyridine rings is 1. The number of ether oxygens (including phenoxy) is 2. The van der Waals surface area contributed by atoms with E-state index in [4.69, 9.17) is 9.47 Å². The Bertz CT molecular complexity index is 512. The van der Waals surface area contributed by atoms with Crippen LogP contribution in [-0.4, -0.2) is 48.6 Å². The van der Waals surface area contributed by atoms with Gasteiger partial charge in [-0.05, 0) is 25.0 Å². The number of aromatic nitrogens is 1. The van der Waals surface area contributed by atoms with Crippen molar-refractivity contribution in [3.8, 4) is 5.88 Å². The molecule has 0 spiro atoms. The number of rotatable bonds is 5. The highest BCUT2D eigenvalue weighted by molar-refractivity contribution is 5.98. The molecule has 21 heavy (non-hydrogen) atoms. The molecule has 1 aliphatic carbocycles. The van der Waals surface area contributed by atoms with Crippen molar-refractivity contribution in [2.45, 2.75) is 31.7 Å². The molecule has 0 atom stereocenters. The molecule has 1 saturated carbocycles. The third kappa shape index (κ3) is 3.51. The van der Waals surface area contributed by atoms with Crippen molar-refractivity contribution in [2.75, 3.05) is 20.8 Å². The molecule has 6 nitrogen and oxygen atoms in total. The van der Waals surface area contributed by atoms with E-state index in [1.807, 2.05) is 0 Å². The number of nitrogens with zero attached hydrogens (tertiary/aromatic N) is 2. The maximum Gasteiger partial charge on any atom is 0.325 e. The molecule has 0 saturated heterocycles. The van der Waals surface area contributed by atoms with Crippen LogP contribution in [0.25, 0.3) is 0 Å². The second-order valence-electron chi connectivity index (χ2n) is 5.01. The van der Waals surface area contributed by atoms with E-state index in [9.17, 15) is 9.59 Å². The third-order valence-corrected chi connectivity index (χ3v) is 3.75. The molecule has 0 aromatic carbocycles. The minimum atomic E-state index is -0.418. The largest absolute Gasteiger partial charge is 0.480 e. The number of methoxy groups -OCH3 is 2. The van der Waals surface area contributed by atoms with Gasteiger partial charge in [0, 0.05) is 12.2 Å². The van der Waals surface area contributed by atoms with Crippen LogP contribution in [-0.2, 0) is 9.53 Å². The standard InChI is InChI=1S/C15H20N2O4/c1-20-13(18)10-17(11-6-3-4-7-11)15(19)12-8-5-9-16-14(12)21-2/h5,8-9,11H,3-4,6-7,10H2,1-2H3. The lowest BCUT2D eigenvalue weighted by molar-refractivity contribution is -0.141. The van der Waals surface area contributed by atoms with Crippen LogP contribution < -0.4 is 4.74 Å². The summed E-state index contributed by atoms with van der Waals surface area (Å²) in [7, 11) is 2.80. The molecule has 0 N–H and O–H groups in total. The van der Waals surface area contributed by atoms with Gasteiger partial charge in [-0.15, -0.1) is 0 Å². The van der Waals surface area contributed by atoms with Gasteiger partial charge in [-0.3, -0.25) is 9.59 Å². The Hall–Kier alpha value is -2.11. The molecule has 6 heteroatoms. The van der Waals surface area contributed by atoms with Crippen molar-refractivity contribution in [3.05, 3.63) is 23.9 Å². The van der Waals surface area contributed by atoms with Crippen molar-refractivity contribution >= 4 is 11.9 Å². The first-order chi connectivity index (χ1) is 10.2. The lowest BCUT2D eigenvalue weighted by atomic mass is 10.1. The van der Waals surface area contributed by atoms with E-state index in [1.165, 1.54) is 14.2 Å². The summed E-state index contributed by atoms with van der Waals surface area (Å²) < 4.78 is 9.84. The molecule has 1 heterocycles. The zero-order chi connectivity index (χ0) is 15.2. The molecular weight excluding hydrogens is 272 g/mol. The highest BCUT2D eigenvalue weighted by Crippen LogP contribution is 2.26. The Morgan fingerprint density at radius 3 is 2.67 bits per heavy atom. The van der Waals surface area contributed by atoms with Gasteiger partial charge in [0.05, 0.1) is 14.2 Å². The quantitative estimate of drug-likeness (QED) is 0.772. The van der Waals surface area contributed by atoms with Crippen molar-refractivity contribution in [3.63, 3.8) is 0 Å². The Labute approximate surface area is 124 Å². The molecule has 0 aliphatic heterocycles. The summed E-state index contributed by atoms with van der Waals surface area (Å²) in [6.45, 7) is -0.0436.